The van der Waals surface area contributed by atoms with Gasteiger partial charge >= 0.3 is 5.97 Å². The summed E-state index contributed by atoms with van der Waals surface area (Å²) in [6, 6.07) is 0. The van der Waals surface area contributed by atoms with Crippen LogP contribution in [0.3, 0.4) is 0 Å². The summed E-state index contributed by atoms with van der Waals surface area (Å²) in [5.74, 6) is 0.465. The van der Waals surface area contributed by atoms with Crippen molar-refractivity contribution in [3.05, 3.63) is 11.6 Å². The van der Waals surface area contributed by atoms with Crippen molar-refractivity contribution in [2.45, 2.75) is 143 Å². The average molecular weight is 589 g/mol. The molecule has 0 aromatic rings. The van der Waals surface area contributed by atoms with Crippen LogP contribution in [0.2, 0.25) is 0 Å². The molecule has 0 aromatic heterocycles. The molecule has 1 heterocycles. The van der Waals surface area contributed by atoms with Gasteiger partial charge in [-0.15, -0.1) is 0 Å². The normalized spacial score (nSPS) is 53.0. The van der Waals surface area contributed by atoms with Crippen LogP contribution in [0.15, 0.2) is 11.6 Å². The van der Waals surface area contributed by atoms with Crippen LogP contribution in [-0.2, 0) is 14.3 Å². The first-order chi connectivity index (χ1) is 19.4. The molecule has 0 spiro atoms. The highest BCUT2D eigenvalue weighted by Gasteiger charge is 2.69. The van der Waals surface area contributed by atoms with Crippen molar-refractivity contribution >= 4 is 5.97 Å². The van der Waals surface area contributed by atoms with Crippen molar-refractivity contribution in [3.63, 3.8) is 0 Å². The fourth-order valence-corrected chi connectivity index (χ4v) is 11.9. The van der Waals surface area contributed by atoms with Crippen LogP contribution in [0, 0.1) is 50.2 Å². The Morgan fingerprint density at radius 2 is 1.57 bits per heavy atom. The number of ether oxygens (including phenoxy) is 2. The molecular weight excluding hydrogens is 532 g/mol. The minimum absolute atomic E-state index is 0.00452. The average Bonchev–Trinajstić information content (AvgIpc) is 2.90. The molecule has 0 unspecified atom stereocenters. The van der Waals surface area contributed by atoms with Gasteiger partial charge in [-0.05, 0) is 109 Å². The van der Waals surface area contributed by atoms with Gasteiger partial charge in [0.2, 0.25) is 0 Å². The second-order valence-electron chi connectivity index (χ2n) is 17.4. The predicted molar refractivity (Wildman–Crippen MR) is 159 cm³/mol. The predicted octanol–water partition coefficient (Wildman–Crippen LogP) is 5.70. The van der Waals surface area contributed by atoms with Crippen molar-refractivity contribution in [1.82, 2.24) is 0 Å². The Labute approximate surface area is 252 Å². The van der Waals surface area contributed by atoms with Gasteiger partial charge in [-0.2, -0.15) is 0 Å². The summed E-state index contributed by atoms with van der Waals surface area (Å²) in [6.07, 6.45) is 7.38. The third kappa shape index (κ3) is 4.12. The van der Waals surface area contributed by atoms with Gasteiger partial charge in [0, 0.05) is 0 Å². The summed E-state index contributed by atoms with van der Waals surface area (Å²) < 4.78 is 12.1. The molecule has 1 aliphatic heterocycles. The lowest BCUT2D eigenvalue weighted by Crippen LogP contribution is -2.65. The molecule has 5 fully saturated rings. The maximum Gasteiger partial charge on any atom is 0.310 e. The molecule has 238 valence electrons. The lowest BCUT2D eigenvalue weighted by molar-refractivity contribution is -0.308. The number of aliphatic hydroxyl groups is 3. The van der Waals surface area contributed by atoms with Gasteiger partial charge in [0.15, 0.2) is 6.29 Å². The molecule has 7 nitrogen and oxygen atoms in total. The molecule has 0 bridgehead atoms. The van der Waals surface area contributed by atoms with Crippen molar-refractivity contribution in [2.24, 2.45) is 50.2 Å². The zero-order valence-corrected chi connectivity index (χ0v) is 27.0. The maximum atomic E-state index is 12.9. The number of hydrogen-bond acceptors (Lipinski definition) is 6. The summed E-state index contributed by atoms with van der Waals surface area (Å²) in [6.45, 7) is 16.8. The van der Waals surface area contributed by atoms with E-state index >= 15 is 0 Å². The number of aliphatic carboxylic acids is 1. The van der Waals surface area contributed by atoms with E-state index in [0.717, 1.165) is 64.2 Å². The number of carboxylic acids is 1. The summed E-state index contributed by atoms with van der Waals surface area (Å²) in [7, 11) is 0. The van der Waals surface area contributed by atoms with E-state index in [0.29, 0.717) is 11.8 Å². The van der Waals surface area contributed by atoms with Crippen molar-refractivity contribution in [2.75, 3.05) is 6.61 Å². The lowest BCUT2D eigenvalue weighted by Gasteiger charge is -2.71. The number of carbonyl (C=O) groups is 1. The Morgan fingerprint density at radius 3 is 2.26 bits per heavy atom. The van der Waals surface area contributed by atoms with Crippen LogP contribution in [0.1, 0.15) is 113 Å². The molecule has 0 amide bonds. The fourth-order valence-electron chi connectivity index (χ4n) is 11.9. The maximum absolute atomic E-state index is 12.9. The second kappa shape index (κ2) is 9.75. The van der Waals surface area contributed by atoms with Gasteiger partial charge in [0.1, 0.15) is 18.3 Å². The van der Waals surface area contributed by atoms with Gasteiger partial charge in [-0.25, -0.2) is 0 Å². The van der Waals surface area contributed by atoms with E-state index in [2.05, 4.69) is 54.5 Å². The van der Waals surface area contributed by atoms with Gasteiger partial charge in [-0.3, -0.25) is 4.79 Å². The Balaban J connectivity index is 1.30. The van der Waals surface area contributed by atoms with Crippen molar-refractivity contribution in [1.29, 1.82) is 0 Å². The number of allylic oxidation sites excluding steroid dienone is 2. The van der Waals surface area contributed by atoms with E-state index in [9.17, 15) is 25.2 Å². The van der Waals surface area contributed by atoms with Crippen LogP contribution in [-0.4, -0.2) is 63.7 Å². The fraction of sp³-hybridized carbons (Fsp3) is 0.914. The highest BCUT2D eigenvalue weighted by atomic mass is 16.7. The third-order valence-corrected chi connectivity index (χ3v) is 14.8. The molecule has 0 radical (unpaired) electrons. The first kappa shape index (κ1) is 31.0. The molecule has 7 heteroatoms. The molecule has 6 aliphatic rings. The molecular formula is C35H56O7. The van der Waals surface area contributed by atoms with Crippen LogP contribution < -0.4 is 0 Å². The number of hydrogen-bond donors (Lipinski definition) is 4. The van der Waals surface area contributed by atoms with Crippen LogP contribution in [0.5, 0.6) is 0 Å². The first-order valence-electron chi connectivity index (χ1n) is 16.7. The van der Waals surface area contributed by atoms with Gasteiger partial charge in [0.25, 0.3) is 0 Å². The largest absolute Gasteiger partial charge is 0.481 e. The minimum Gasteiger partial charge on any atom is -0.481 e. The summed E-state index contributed by atoms with van der Waals surface area (Å²) in [5, 5.41) is 41.3. The van der Waals surface area contributed by atoms with Crippen LogP contribution in [0.4, 0.5) is 0 Å². The standard InChI is InChI=1S/C35H56O7/c1-30(2)14-16-35(29(39)40)17-15-33(6)20(21(35)18-30)8-9-24-32(5)12-11-25(31(3,4)23(32)10-13-34(24,33)7)42-28-27(38)26(37)22(36)19-41-28/h8,21-28,36-38H,9-19H2,1-7H3,(H,39,40)/t21-,22+,23+,24-,25+,26+,27-,28+,32+,33-,34-,35+/m1/s1. The topological polar surface area (TPSA) is 116 Å². The molecule has 0 aromatic carbocycles. The van der Waals surface area contributed by atoms with Crippen molar-refractivity contribution < 1.29 is 34.7 Å². The Hall–Kier alpha value is -0.990. The molecule has 6 rings (SSSR count). The lowest BCUT2D eigenvalue weighted by atomic mass is 9.33. The van der Waals surface area contributed by atoms with E-state index in [-0.39, 0.29) is 45.7 Å². The monoisotopic (exact) mass is 588 g/mol. The summed E-state index contributed by atoms with van der Waals surface area (Å²) in [4.78, 5) is 12.9. The van der Waals surface area contributed by atoms with Crippen molar-refractivity contribution in [3.8, 4) is 0 Å². The van der Waals surface area contributed by atoms with E-state index in [1.807, 2.05) is 0 Å². The first-order valence-corrected chi connectivity index (χ1v) is 16.7. The molecule has 4 N–H and O–H groups in total. The minimum atomic E-state index is -1.27. The smallest absolute Gasteiger partial charge is 0.310 e. The quantitative estimate of drug-likeness (QED) is 0.247. The van der Waals surface area contributed by atoms with Gasteiger partial charge < -0.3 is 29.9 Å². The van der Waals surface area contributed by atoms with E-state index in [1.165, 1.54) is 5.57 Å². The van der Waals surface area contributed by atoms with Gasteiger partial charge in [0.05, 0.1) is 18.1 Å². The Kier molecular flexibility index (Phi) is 7.20. The highest BCUT2D eigenvalue weighted by molar-refractivity contribution is 5.76. The zero-order chi connectivity index (χ0) is 30.7. The summed E-state index contributed by atoms with van der Waals surface area (Å²) in [5.41, 5.74) is 1.05. The SMILES string of the molecule is CC1(C)CC[C@]2(C(=O)O)CC[C@]3(C)C(=CC[C@@H]4[C@@]5(C)CC[C@H](O[C@@H]6OC[C@H](O)[C@H](O)[C@H]6O)C(C)(C)[C@@H]5CC[C@]43C)[C@H]2C1. The zero-order valence-electron chi connectivity index (χ0n) is 27.0. The number of fused-ring (bicyclic) bond motifs is 7. The van der Waals surface area contributed by atoms with E-state index in [4.69, 9.17) is 9.47 Å². The molecule has 1 saturated heterocycles. The molecule has 5 aliphatic carbocycles. The van der Waals surface area contributed by atoms with Crippen LogP contribution >= 0.6 is 0 Å². The van der Waals surface area contributed by atoms with Crippen LogP contribution in [0.25, 0.3) is 0 Å². The molecule has 12 atom stereocenters. The number of carboxylic acid groups (broad SMARTS) is 1. The Bertz CT molecular complexity index is 1130. The Morgan fingerprint density at radius 1 is 0.881 bits per heavy atom. The van der Waals surface area contributed by atoms with E-state index in [1.54, 1.807) is 0 Å². The van der Waals surface area contributed by atoms with E-state index < -0.39 is 36.0 Å². The second-order valence-corrected chi connectivity index (χ2v) is 17.4. The number of rotatable bonds is 3. The molecule has 42 heavy (non-hydrogen) atoms. The van der Waals surface area contributed by atoms with Gasteiger partial charge in [-0.1, -0.05) is 60.1 Å². The number of aliphatic hydroxyl groups excluding tert-OH is 3. The highest BCUT2D eigenvalue weighted by Crippen LogP contribution is 2.75. The third-order valence-electron chi connectivity index (χ3n) is 14.8. The molecule has 4 saturated carbocycles. The summed E-state index contributed by atoms with van der Waals surface area (Å²) >= 11 is 0.